The number of amides is 1. The van der Waals surface area contributed by atoms with Crippen LogP contribution in [0.25, 0.3) is 11.3 Å². The number of aromatic amines is 1. The zero-order valence-electron chi connectivity index (χ0n) is 19.2. The number of nitrogens with zero attached hydrogens (tertiary/aromatic N) is 5. The first-order valence-corrected chi connectivity index (χ1v) is 10.8. The van der Waals surface area contributed by atoms with Crippen molar-refractivity contribution in [1.82, 2.24) is 35.5 Å². The van der Waals surface area contributed by atoms with E-state index in [0.717, 1.165) is 28.3 Å². The van der Waals surface area contributed by atoms with E-state index in [-0.39, 0.29) is 11.8 Å². The lowest BCUT2D eigenvalue weighted by Crippen LogP contribution is -2.18. The minimum Gasteiger partial charge on any atom is -0.496 e. The molecule has 0 radical (unpaired) electrons. The summed E-state index contributed by atoms with van der Waals surface area (Å²) in [5.41, 5.74) is 4.12. The average Bonchev–Trinajstić information content (AvgIpc) is 3.40. The highest BCUT2D eigenvalue weighted by Gasteiger charge is 2.15. The first-order valence-electron chi connectivity index (χ1n) is 10.8. The third-order valence-electron chi connectivity index (χ3n) is 5.44. The lowest BCUT2D eigenvalue weighted by Gasteiger charge is -2.17. The Morgan fingerprint density at radius 2 is 1.97 bits per heavy atom. The van der Waals surface area contributed by atoms with Crippen LogP contribution in [0.3, 0.4) is 0 Å². The zero-order chi connectivity index (χ0) is 23.9. The van der Waals surface area contributed by atoms with E-state index in [1.54, 1.807) is 32.5 Å². The minimum absolute atomic E-state index is 0.115. The van der Waals surface area contributed by atoms with Gasteiger partial charge in [-0.2, -0.15) is 5.10 Å². The Kier molecular flexibility index (Phi) is 7.07. The molecule has 0 saturated heterocycles. The van der Waals surface area contributed by atoms with Crippen molar-refractivity contribution in [3.8, 4) is 17.0 Å². The van der Waals surface area contributed by atoms with Gasteiger partial charge in [-0.3, -0.25) is 14.9 Å². The van der Waals surface area contributed by atoms with Crippen LogP contribution in [0.2, 0.25) is 0 Å². The Balaban J connectivity index is 1.42. The van der Waals surface area contributed by atoms with Gasteiger partial charge in [0.25, 0.3) is 5.91 Å². The Hall–Kier alpha value is -4.34. The average molecular weight is 459 g/mol. The van der Waals surface area contributed by atoms with Gasteiger partial charge in [0.05, 0.1) is 12.8 Å². The number of pyridine rings is 1. The van der Waals surface area contributed by atoms with Crippen LogP contribution >= 0.6 is 0 Å². The van der Waals surface area contributed by atoms with E-state index in [0.29, 0.717) is 30.1 Å². The molecule has 0 aliphatic rings. The molecule has 10 heteroatoms. The summed E-state index contributed by atoms with van der Waals surface area (Å²) < 4.78 is 5.52. The molecule has 0 unspecified atom stereocenters. The molecule has 0 aliphatic heterocycles. The van der Waals surface area contributed by atoms with Gasteiger partial charge in [0.2, 0.25) is 0 Å². The fraction of sp³-hybridized carbons (Fsp3) is 0.250. The smallest absolute Gasteiger partial charge is 0.251 e. The third-order valence-corrected chi connectivity index (χ3v) is 5.44. The number of rotatable bonds is 9. The van der Waals surface area contributed by atoms with Gasteiger partial charge in [0, 0.05) is 55.0 Å². The van der Waals surface area contributed by atoms with Gasteiger partial charge in [-0.25, -0.2) is 15.0 Å². The van der Waals surface area contributed by atoms with Gasteiger partial charge in [0.1, 0.15) is 30.0 Å². The molecule has 0 fully saturated rings. The predicted molar refractivity (Wildman–Crippen MR) is 128 cm³/mol. The summed E-state index contributed by atoms with van der Waals surface area (Å²) in [6, 6.07) is 11.3. The first-order chi connectivity index (χ1) is 16.6. The second-order valence-corrected chi connectivity index (χ2v) is 7.75. The Labute approximate surface area is 197 Å². The van der Waals surface area contributed by atoms with Gasteiger partial charge in [0.15, 0.2) is 0 Å². The fourth-order valence-corrected chi connectivity index (χ4v) is 3.55. The lowest BCUT2D eigenvalue weighted by molar-refractivity contribution is 0.0962. The van der Waals surface area contributed by atoms with Gasteiger partial charge < -0.3 is 15.4 Å². The summed E-state index contributed by atoms with van der Waals surface area (Å²) in [5.74, 6) is 2.12. The maximum atomic E-state index is 11.9. The molecule has 10 nitrogen and oxygen atoms in total. The number of methoxy groups -OCH3 is 1. The summed E-state index contributed by atoms with van der Waals surface area (Å²) in [6.07, 6.45) is 5.39. The molecule has 34 heavy (non-hydrogen) atoms. The summed E-state index contributed by atoms with van der Waals surface area (Å²) in [5, 5.41) is 12.7. The van der Waals surface area contributed by atoms with Gasteiger partial charge in [-0.1, -0.05) is 13.0 Å². The summed E-state index contributed by atoms with van der Waals surface area (Å²) in [6.45, 7) is 2.71. The van der Waals surface area contributed by atoms with Crippen LogP contribution in [-0.4, -0.2) is 56.7 Å². The molecule has 1 aromatic carbocycles. The van der Waals surface area contributed by atoms with Crippen molar-refractivity contribution in [3.05, 3.63) is 77.9 Å². The minimum atomic E-state index is -0.148. The largest absolute Gasteiger partial charge is 0.496 e. The van der Waals surface area contributed by atoms with Crippen molar-refractivity contribution in [2.75, 3.05) is 26.0 Å². The molecular formula is C24H26N8O2. The van der Waals surface area contributed by atoms with Crippen LogP contribution in [0, 0.1) is 0 Å². The molecule has 1 atom stereocenters. The third kappa shape index (κ3) is 5.34. The summed E-state index contributed by atoms with van der Waals surface area (Å²) in [7, 11) is 3.21. The summed E-state index contributed by atoms with van der Waals surface area (Å²) in [4.78, 5) is 29.3. The maximum absolute atomic E-state index is 11.9. The van der Waals surface area contributed by atoms with Crippen LogP contribution in [0.4, 0.5) is 5.82 Å². The molecule has 3 heterocycles. The molecule has 4 aromatic rings. The second kappa shape index (κ2) is 10.5. The molecule has 1 amide bonds. The molecular weight excluding hydrogens is 432 g/mol. The molecule has 174 valence electrons. The van der Waals surface area contributed by atoms with Crippen LogP contribution in [0.5, 0.6) is 5.75 Å². The number of ether oxygens (including phenoxy) is 1. The highest BCUT2D eigenvalue weighted by atomic mass is 16.5. The molecule has 0 saturated carbocycles. The summed E-state index contributed by atoms with van der Waals surface area (Å²) >= 11 is 0. The predicted octanol–water partition coefficient (Wildman–Crippen LogP) is 2.83. The number of hydrogen-bond acceptors (Lipinski definition) is 8. The van der Waals surface area contributed by atoms with Crippen molar-refractivity contribution >= 4 is 11.7 Å². The maximum Gasteiger partial charge on any atom is 0.251 e. The number of nitrogens with one attached hydrogen (secondary N) is 3. The number of benzene rings is 1. The number of aromatic nitrogens is 6. The Bertz CT molecular complexity index is 1240. The monoisotopic (exact) mass is 458 g/mol. The normalized spacial score (nSPS) is 11.6. The topological polar surface area (TPSA) is 131 Å². The van der Waals surface area contributed by atoms with E-state index in [1.807, 2.05) is 24.3 Å². The number of carbonyl (C=O) groups excluding carboxylic acids is 1. The van der Waals surface area contributed by atoms with Crippen molar-refractivity contribution in [3.63, 3.8) is 0 Å². The van der Waals surface area contributed by atoms with Crippen LogP contribution in [0.1, 0.15) is 40.3 Å². The van der Waals surface area contributed by atoms with Crippen LogP contribution in [0.15, 0.2) is 55.2 Å². The molecule has 0 aliphatic carbocycles. The quantitative estimate of drug-likeness (QED) is 0.349. The standard InChI is InChI=1S/C24H26N8O2/c1-15(19-7-5-16(24(33)25-2)8-21(19)34-3)11-27-22-10-20(28-13-29-22)17-4-6-18(26-12-17)9-23-30-14-31-32-23/h4-8,10,12-15H,9,11H2,1-3H3,(H,25,33)(H,27,28,29)(H,30,31,32)/t15-/m1/s1. The fourth-order valence-electron chi connectivity index (χ4n) is 3.55. The van der Waals surface area contributed by atoms with Crippen molar-refractivity contribution in [1.29, 1.82) is 0 Å². The van der Waals surface area contributed by atoms with E-state index in [2.05, 4.69) is 47.7 Å². The molecule has 4 rings (SSSR count). The molecule has 3 aromatic heterocycles. The SMILES string of the molecule is CNC(=O)c1ccc([C@H](C)CNc2cc(-c3ccc(Cc4ncn[nH]4)nc3)ncn2)c(OC)c1. The highest BCUT2D eigenvalue weighted by Crippen LogP contribution is 2.28. The number of H-pyrrole nitrogens is 1. The van der Waals surface area contributed by atoms with E-state index in [9.17, 15) is 4.79 Å². The van der Waals surface area contributed by atoms with E-state index in [1.165, 1.54) is 12.7 Å². The van der Waals surface area contributed by atoms with Crippen molar-refractivity contribution < 1.29 is 9.53 Å². The number of anilines is 1. The highest BCUT2D eigenvalue weighted by molar-refractivity contribution is 5.94. The zero-order valence-corrected chi connectivity index (χ0v) is 19.2. The van der Waals surface area contributed by atoms with Crippen LogP contribution in [-0.2, 0) is 6.42 Å². The second-order valence-electron chi connectivity index (χ2n) is 7.75. The van der Waals surface area contributed by atoms with Crippen LogP contribution < -0.4 is 15.4 Å². The van der Waals surface area contributed by atoms with Gasteiger partial charge in [-0.05, 0) is 29.8 Å². The Morgan fingerprint density at radius 1 is 1.09 bits per heavy atom. The van der Waals surface area contributed by atoms with Gasteiger partial charge in [-0.15, -0.1) is 0 Å². The van der Waals surface area contributed by atoms with E-state index >= 15 is 0 Å². The molecule has 0 spiro atoms. The van der Waals surface area contributed by atoms with Crippen molar-refractivity contribution in [2.45, 2.75) is 19.3 Å². The first kappa shape index (κ1) is 22.8. The number of hydrogen-bond donors (Lipinski definition) is 3. The Morgan fingerprint density at radius 3 is 2.68 bits per heavy atom. The van der Waals surface area contributed by atoms with E-state index in [4.69, 9.17) is 4.74 Å². The van der Waals surface area contributed by atoms with E-state index < -0.39 is 0 Å². The van der Waals surface area contributed by atoms with Crippen molar-refractivity contribution in [2.24, 2.45) is 0 Å². The lowest BCUT2D eigenvalue weighted by atomic mass is 9.98. The molecule has 3 N–H and O–H groups in total. The molecule has 0 bridgehead atoms. The van der Waals surface area contributed by atoms with Gasteiger partial charge >= 0.3 is 0 Å². The number of carbonyl (C=O) groups is 1.